The van der Waals surface area contributed by atoms with Crippen LogP contribution >= 0.6 is 0 Å². The van der Waals surface area contributed by atoms with Crippen LogP contribution < -0.4 is 0 Å². The fourth-order valence-electron chi connectivity index (χ4n) is 2.93. The van der Waals surface area contributed by atoms with Gasteiger partial charge in [-0.05, 0) is 24.1 Å². The highest BCUT2D eigenvalue weighted by molar-refractivity contribution is 6.17. The molecule has 2 amide bonds. The van der Waals surface area contributed by atoms with Gasteiger partial charge in [0.15, 0.2) is 5.92 Å². The maximum absolute atomic E-state index is 12.7. The van der Waals surface area contributed by atoms with Crippen molar-refractivity contribution in [3.63, 3.8) is 0 Å². The van der Waals surface area contributed by atoms with E-state index in [0.717, 1.165) is 10.5 Å². The lowest BCUT2D eigenvalue weighted by atomic mass is 9.87. The monoisotopic (exact) mass is 309 g/mol. The predicted octanol–water partition coefficient (Wildman–Crippen LogP) is 2.60. The van der Waals surface area contributed by atoms with Gasteiger partial charge in [0.2, 0.25) is 5.91 Å². The molecule has 0 bridgehead atoms. The molecule has 2 aromatic carbocycles. The van der Waals surface area contributed by atoms with E-state index in [-0.39, 0.29) is 11.1 Å². The molecular formula is C18H15NO4. The number of imide groups is 1. The van der Waals surface area contributed by atoms with Crippen molar-refractivity contribution in [3.8, 4) is 0 Å². The van der Waals surface area contributed by atoms with Gasteiger partial charge in [0.25, 0.3) is 5.91 Å². The summed E-state index contributed by atoms with van der Waals surface area (Å²) in [5.74, 6) is -3.76. The molecule has 1 aliphatic heterocycles. The molecule has 0 aromatic heterocycles. The highest BCUT2D eigenvalue weighted by atomic mass is 16.4. The van der Waals surface area contributed by atoms with Crippen LogP contribution in [0.15, 0.2) is 54.6 Å². The minimum atomic E-state index is -1.35. The summed E-state index contributed by atoms with van der Waals surface area (Å²) in [6.07, 6.45) is 0. The van der Waals surface area contributed by atoms with Crippen molar-refractivity contribution in [1.29, 1.82) is 0 Å². The third-order valence-corrected chi connectivity index (χ3v) is 4.12. The van der Waals surface area contributed by atoms with E-state index in [9.17, 15) is 19.5 Å². The van der Waals surface area contributed by atoms with Crippen LogP contribution in [0, 0.1) is 0 Å². The molecule has 0 radical (unpaired) electrons. The van der Waals surface area contributed by atoms with E-state index in [1.54, 1.807) is 25.1 Å². The number of hydrogen-bond donors (Lipinski definition) is 1. The Kier molecular flexibility index (Phi) is 3.70. The molecule has 2 atom stereocenters. The Morgan fingerprint density at radius 3 is 2.30 bits per heavy atom. The van der Waals surface area contributed by atoms with Crippen LogP contribution in [0.25, 0.3) is 0 Å². The highest BCUT2D eigenvalue weighted by Crippen LogP contribution is 2.34. The highest BCUT2D eigenvalue weighted by Gasteiger charge is 2.44. The SMILES string of the molecule is CC(c1ccccc1)N1C(=O)c2ccccc2C(C(=O)O)C1=O. The van der Waals surface area contributed by atoms with Crippen LogP contribution in [-0.4, -0.2) is 27.8 Å². The van der Waals surface area contributed by atoms with Gasteiger partial charge in [-0.25, -0.2) is 0 Å². The average Bonchev–Trinajstić information content (AvgIpc) is 2.55. The van der Waals surface area contributed by atoms with Gasteiger partial charge >= 0.3 is 5.97 Å². The van der Waals surface area contributed by atoms with Gasteiger partial charge in [-0.15, -0.1) is 0 Å². The molecule has 3 rings (SSSR count). The molecule has 0 spiro atoms. The number of benzene rings is 2. The van der Waals surface area contributed by atoms with Gasteiger partial charge < -0.3 is 5.11 Å². The van der Waals surface area contributed by atoms with Gasteiger partial charge in [0, 0.05) is 5.56 Å². The molecule has 0 aliphatic carbocycles. The van der Waals surface area contributed by atoms with E-state index in [0.29, 0.717) is 0 Å². The van der Waals surface area contributed by atoms with Crippen molar-refractivity contribution in [1.82, 2.24) is 4.90 Å². The van der Waals surface area contributed by atoms with Crippen LogP contribution in [0.3, 0.4) is 0 Å². The number of hydrogen-bond acceptors (Lipinski definition) is 3. The summed E-state index contributed by atoms with van der Waals surface area (Å²) in [7, 11) is 0. The standard InChI is InChI=1S/C18H15NO4/c1-11(12-7-3-2-4-8-12)19-16(20)14-10-6-5-9-13(14)15(17(19)21)18(22)23/h2-11,15H,1H3,(H,22,23). The van der Waals surface area contributed by atoms with E-state index < -0.39 is 29.7 Å². The van der Waals surface area contributed by atoms with Gasteiger partial charge in [0.05, 0.1) is 6.04 Å². The normalized spacial score (nSPS) is 18.5. The third kappa shape index (κ3) is 2.40. The fraction of sp³-hybridized carbons (Fsp3) is 0.167. The smallest absolute Gasteiger partial charge is 0.320 e. The van der Waals surface area contributed by atoms with Crippen molar-refractivity contribution in [2.45, 2.75) is 18.9 Å². The molecule has 0 saturated heterocycles. The molecular weight excluding hydrogens is 294 g/mol. The maximum atomic E-state index is 12.7. The lowest BCUT2D eigenvalue weighted by Crippen LogP contribution is -2.48. The van der Waals surface area contributed by atoms with E-state index in [1.807, 2.05) is 30.3 Å². The first-order chi connectivity index (χ1) is 11.0. The average molecular weight is 309 g/mol. The molecule has 0 saturated carbocycles. The second-order valence-electron chi connectivity index (χ2n) is 5.46. The third-order valence-electron chi connectivity index (χ3n) is 4.12. The molecule has 23 heavy (non-hydrogen) atoms. The number of carbonyl (C=O) groups excluding carboxylic acids is 2. The molecule has 2 unspecified atom stereocenters. The van der Waals surface area contributed by atoms with Crippen LogP contribution in [-0.2, 0) is 9.59 Å². The summed E-state index contributed by atoms with van der Waals surface area (Å²) in [5, 5.41) is 9.45. The fourth-order valence-corrected chi connectivity index (χ4v) is 2.93. The Hall–Kier alpha value is -2.95. The topological polar surface area (TPSA) is 74.7 Å². The maximum Gasteiger partial charge on any atom is 0.320 e. The number of rotatable bonds is 3. The summed E-state index contributed by atoms with van der Waals surface area (Å²) < 4.78 is 0. The Labute approximate surface area is 133 Å². The summed E-state index contributed by atoms with van der Waals surface area (Å²) >= 11 is 0. The van der Waals surface area contributed by atoms with Gasteiger partial charge in [0.1, 0.15) is 0 Å². The van der Waals surface area contributed by atoms with Crippen molar-refractivity contribution in [3.05, 3.63) is 71.3 Å². The molecule has 116 valence electrons. The number of carboxylic acids is 1. The van der Waals surface area contributed by atoms with E-state index in [4.69, 9.17) is 0 Å². The van der Waals surface area contributed by atoms with Crippen molar-refractivity contribution in [2.24, 2.45) is 0 Å². The lowest BCUT2D eigenvalue weighted by molar-refractivity contribution is -0.146. The van der Waals surface area contributed by atoms with Crippen LogP contribution in [0.5, 0.6) is 0 Å². The quantitative estimate of drug-likeness (QED) is 0.698. The molecule has 2 aromatic rings. The van der Waals surface area contributed by atoms with Gasteiger partial charge in [-0.1, -0.05) is 48.5 Å². The minimum absolute atomic E-state index is 0.256. The van der Waals surface area contributed by atoms with Crippen LogP contribution in [0.2, 0.25) is 0 Å². The Morgan fingerprint density at radius 2 is 1.65 bits per heavy atom. The van der Waals surface area contributed by atoms with Gasteiger partial charge in [-0.3, -0.25) is 19.3 Å². The second-order valence-corrected chi connectivity index (χ2v) is 5.46. The Morgan fingerprint density at radius 1 is 1.04 bits per heavy atom. The van der Waals surface area contributed by atoms with E-state index >= 15 is 0 Å². The molecule has 1 N–H and O–H groups in total. The lowest BCUT2D eigenvalue weighted by Gasteiger charge is -2.34. The second kappa shape index (κ2) is 5.68. The summed E-state index contributed by atoms with van der Waals surface area (Å²) in [6, 6.07) is 14.9. The first-order valence-electron chi connectivity index (χ1n) is 7.26. The summed E-state index contributed by atoms with van der Waals surface area (Å²) in [6.45, 7) is 1.72. The number of carboxylic acid groups (broad SMARTS) is 1. The van der Waals surface area contributed by atoms with Gasteiger partial charge in [-0.2, -0.15) is 0 Å². The zero-order valence-corrected chi connectivity index (χ0v) is 12.5. The summed E-state index contributed by atoms with van der Waals surface area (Å²) in [5.41, 5.74) is 1.30. The van der Waals surface area contributed by atoms with Crippen molar-refractivity contribution in [2.75, 3.05) is 0 Å². The number of amides is 2. The molecule has 0 fully saturated rings. The number of carbonyl (C=O) groups is 3. The first kappa shape index (κ1) is 15.0. The molecule has 1 heterocycles. The number of nitrogens with zero attached hydrogens (tertiary/aromatic N) is 1. The Balaban J connectivity index is 2.11. The summed E-state index contributed by atoms with van der Waals surface area (Å²) in [4.78, 5) is 38.0. The predicted molar refractivity (Wildman–Crippen MR) is 82.9 cm³/mol. The van der Waals surface area contributed by atoms with Crippen LogP contribution in [0.4, 0.5) is 0 Å². The zero-order chi connectivity index (χ0) is 16.6. The number of aliphatic carboxylic acids is 1. The minimum Gasteiger partial charge on any atom is -0.480 e. The van der Waals surface area contributed by atoms with E-state index in [2.05, 4.69) is 0 Å². The van der Waals surface area contributed by atoms with Crippen molar-refractivity contribution < 1.29 is 19.5 Å². The van der Waals surface area contributed by atoms with E-state index in [1.165, 1.54) is 6.07 Å². The van der Waals surface area contributed by atoms with Crippen LogP contribution in [0.1, 0.15) is 40.4 Å². The Bertz CT molecular complexity index is 785. The molecule has 5 nitrogen and oxygen atoms in total. The molecule has 1 aliphatic rings. The zero-order valence-electron chi connectivity index (χ0n) is 12.5. The first-order valence-corrected chi connectivity index (χ1v) is 7.26. The molecule has 5 heteroatoms. The number of fused-ring (bicyclic) bond motifs is 1. The van der Waals surface area contributed by atoms with Crippen molar-refractivity contribution >= 4 is 17.8 Å². The largest absolute Gasteiger partial charge is 0.480 e.